The molecule has 6 nitrogen and oxygen atoms in total. The van der Waals surface area contributed by atoms with Crippen LogP contribution in [0.2, 0.25) is 0 Å². The zero-order chi connectivity index (χ0) is 17.8. The van der Waals surface area contributed by atoms with Crippen molar-refractivity contribution in [2.24, 2.45) is 7.05 Å². The van der Waals surface area contributed by atoms with E-state index < -0.39 is 0 Å². The number of aryl methyl sites for hydroxylation is 1. The van der Waals surface area contributed by atoms with E-state index in [0.717, 1.165) is 36.7 Å². The lowest BCUT2D eigenvalue weighted by Crippen LogP contribution is -2.49. The molecular weight excluding hydrogens is 350 g/mol. The average molecular weight is 378 g/mol. The van der Waals surface area contributed by atoms with Crippen LogP contribution in [-0.4, -0.2) is 46.5 Å². The molecule has 1 saturated heterocycles. The number of aromatic nitrogens is 2. The van der Waals surface area contributed by atoms with Crippen molar-refractivity contribution < 1.29 is 4.79 Å². The zero-order valence-electron chi connectivity index (χ0n) is 15.6. The highest BCUT2D eigenvalue weighted by molar-refractivity contribution is 5.93. The Labute approximate surface area is 161 Å². The number of amides is 1. The first-order chi connectivity index (χ1) is 12.1. The molecule has 1 aliphatic rings. The van der Waals surface area contributed by atoms with E-state index in [2.05, 4.69) is 40.4 Å². The summed E-state index contributed by atoms with van der Waals surface area (Å²) in [5.74, 6) is 1.38. The van der Waals surface area contributed by atoms with Crippen LogP contribution in [0.1, 0.15) is 37.2 Å². The van der Waals surface area contributed by atoms with Crippen LogP contribution in [0.25, 0.3) is 0 Å². The number of halogens is 1. The van der Waals surface area contributed by atoms with Crippen molar-refractivity contribution in [3.05, 3.63) is 48.0 Å². The second-order valence-electron chi connectivity index (χ2n) is 6.88. The Morgan fingerprint density at radius 1 is 1.38 bits per heavy atom. The number of hydrogen-bond donors (Lipinski definition) is 2. The summed E-state index contributed by atoms with van der Waals surface area (Å²) in [6, 6.07) is 8.13. The van der Waals surface area contributed by atoms with E-state index >= 15 is 0 Å². The summed E-state index contributed by atoms with van der Waals surface area (Å²) in [6.07, 6.45) is 3.75. The number of piperazine rings is 1. The van der Waals surface area contributed by atoms with E-state index in [0.29, 0.717) is 12.5 Å². The van der Waals surface area contributed by atoms with Crippen molar-refractivity contribution in [2.45, 2.75) is 25.8 Å². The number of nitrogens with zero attached hydrogens (tertiary/aromatic N) is 3. The minimum atomic E-state index is 0. The van der Waals surface area contributed by atoms with Crippen LogP contribution in [0.4, 0.5) is 5.69 Å². The molecule has 1 aromatic carbocycles. The topological polar surface area (TPSA) is 62.2 Å². The molecule has 0 radical (unpaired) electrons. The van der Waals surface area contributed by atoms with E-state index in [1.165, 1.54) is 0 Å². The standard InChI is InChI=1S/C19H27N5O.ClH/c1-14(2)15-6-4-5-7-16(15)22-18(25)13-24-11-8-20-12-17(24)19-21-9-10-23(19)3;/h4-7,9-10,14,17,20H,8,11-13H2,1-3H3,(H,22,25);1H. The van der Waals surface area contributed by atoms with Crippen LogP contribution < -0.4 is 10.6 Å². The van der Waals surface area contributed by atoms with Crippen molar-refractivity contribution in [1.82, 2.24) is 19.8 Å². The van der Waals surface area contributed by atoms with Crippen LogP contribution >= 0.6 is 12.4 Å². The Bertz CT molecular complexity index is 730. The molecule has 1 fully saturated rings. The summed E-state index contributed by atoms with van der Waals surface area (Å²) in [6.45, 7) is 7.16. The fourth-order valence-electron chi connectivity index (χ4n) is 3.38. The number of para-hydroxylation sites is 1. The van der Waals surface area contributed by atoms with Gasteiger partial charge in [-0.15, -0.1) is 12.4 Å². The van der Waals surface area contributed by atoms with E-state index in [-0.39, 0.29) is 24.4 Å². The molecule has 1 aromatic heterocycles. The normalized spacial score (nSPS) is 17.8. The van der Waals surface area contributed by atoms with Crippen LogP contribution in [0, 0.1) is 0 Å². The molecule has 1 amide bonds. The van der Waals surface area contributed by atoms with Gasteiger partial charge in [-0.25, -0.2) is 4.98 Å². The number of anilines is 1. The minimum Gasteiger partial charge on any atom is -0.337 e. The largest absolute Gasteiger partial charge is 0.337 e. The molecule has 2 heterocycles. The van der Waals surface area contributed by atoms with Gasteiger partial charge in [0.2, 0.25) is 5.91 Å². The predicted octanol–water partition coefficient (Wildman–Crippen LogP) is 2.55. The van der Waals surface area contributed by atoms with Crippen molar-refractivity contribution >= 4 is 24.0 Å². The number of imidazole rings is 1. The lowest BCUT2D eigenvalue weighted by Gasteiger charge is -2.35. The number of benzene rings is 1. The van der Waals surface area contributed by atoms with Gasteiger partial charge in [0.05, 0.1) is 12.6 Å². The highest BCUT2D eigenvalue weighted by atomic mass is 35.5. The van der Waals surface area contributed by atoms with Crippen molar-refractivity contribution in [2.75, 3.05) is 31.5 Å². The summed E-state index contributed by atoms with van der Waals surface area (Å²) in [7, 11) is 1.99. The molecule has 3 rings (SSSR count). The Kier molecular flexibility index (Phi) is 7.20. The maximum Gasteiger partial charge on any atom is 0.238 e. The molecule has 0 saturated carbocycles. The molecule has 1 atom stereocenters. The SMILES string of the molecule is CC(C)c1ccccc1NC(=O)CN1CCNCC1c1nccn1C.Cl. The van der Waals surface area contributed by atoms with Crippen LogP contribution in [-0.2, 0) is 11.8 Å². The minimum absolute atomic E-state index is 0. The van der Waals surface area contributed by atoms with Crippen LogP contribution in [0.15, 0.2) is 36.7 Å². The predicted molar refractivity (Wildman–Crippen MR) is 107 cm³/mol. The van der Waals surface area contributed by atoms with Crippen LogP contribution in [0.3, 0.4) is 0 Å². The Hall–Kier alpha value is -1.89. The summed E-state index contributed by atoms with van der Waals surface area (Å²) >= 11 is 0. The number of hydrogen-bond acceptors (Lipinski definition) is 4. The highest BCUT2D eigenvalue weighted by Gasteiger charge is 2.28. The third kappa shape index (κ3) is 4.63. The van der Waals surface area contributed by atoms with Gasteiger partial charge in [-0.05, 0) is 17.5 Å². The maximum atomic E-state index is 12.7. The first-order valence-corrected chi connectivity index (χ1v) is 8.87. The Balaban J connectivity index is 0.00000243. The van der Waals surface area contributed by atoms with Gasteiger partial charge in [-0.1, -0.05) is 32.0 Å². The van der Waals surface area contributed by atoms with Crippen LogP contribution in [0.5, 0.6) is 0 Å². The molecule has 0 aliphatic carbocycles. The monoisotopic (exact) mass is 377 g/mol. The van der Waals surface area contributed by atoms with E-state index in [9.17, 15) is 4.79 Å². The third-order valence-electron chi connectivity index (χ3n) is 4.71. The first kappa shape index (κ1) is 20.4. The van der Waals surface area contributed by atoms with E-state index in [4.69, 9.17) is 0 Å². The summed E-state index contributed by atoms with van der Waals surface area (Å²) in [5.41, 5.74) is 2.07. The van der Waals surface area contributed by atoms with Crippen molar-refractivity contribution in [3.63, 3.8) is 0 Å². The molecule has 0 spiro atoms. The smallest absolute Gasteiger partial charge is 0.238 e. The number of rotatable bonds is 5. The zero-order valence-corrected chi connectivity index (χ0v) is 16.4. The quantitative estimate of drug-likeness (QED) is 0.840. The molecule has 0 bridgehead atoms. The molecule has 1 aliphatic heterocycles. The highest BCUT2D eigenvalue weighted by Crippen LogP contribution is 2.24. The molecule has 1 unspecified atom stereocenters. The molecule has 2 N–H and O–H groups in total. The second-order valence-corrected chi connectivity index (χ2v) is 6.88. The van der Waals surface area contributed by atoms with E-state index in [1.807, 2.05) is 36.0 Å². The van der Waals surface area contributed by atoms with E-state index in [1.54, 1.807) is 6.20 Å². The fourth-order valence-corrected chi connectivity index (χ4v) is 3.38. The van der Waals surface area contributed by atoms with Gasteiger partial charge in [0.1, 0.15) is 5.82 Å². The van der Waals surface area contributed by atoms with Gasteiger partial charge in [0, 0.05) is 44.8 Å². The molecule has 7 heteroatoms. The molecule has 142 valence electrons. The molecule has 26 heavy (non-hydrogen) atoms. The molecule has 2 aromatic rings. The van der Waals surface area contributed by atoms with Crippen molar-refractivity contribution in [3.8, 4) is 0 Å². The number of carbonyl (C=O) groups is 1. The fraction of sp³-hybridized carbons (Fsp3) is 0.474. The summed E-state index contributed by atoms with van der Waals surface area (Å²) in [4.78, 5) is 19.3. The van der Waals surface area contributed by atoms with Gasteiger partial charge >= 0.3 is 0 Å². The van der Waals surface area contributed by atoms with Gasteiger partial charge in [-0.3, -0.25) is 9.69 Å². The Morgan fingerprint density at radius 2 is 2.15 bits per heavy atom. The lowest BCUT2D eigenvalue weighted by molar-refractivity contribution is -0.118. The summed E-state index contributed by atoms with van der Waals surface area (Å²) in [5, 5.41) is 6.49. The number of carbonyl (C=O) groups excluding carboxylic acids is 1. The maximum absolute atomic E-state index is 12.7. The lowest BCUT2D eigenvalue weighted by atomic mass is 10.0. The van der Waals surface area contributed by atoms with Gasteiger partial charge in [0.15, 0.2) is 0 Å². The van der Waals surface area contributed by atoms with Gasteiger partial charge in [-0.2, -0.15) is 0 Å². The van der Waals surface area contributed by atoms with Crippen molar-refractivity contribution in [1.29, 1.82) is 0 Å². The average Bonchev–Trinajstić information content (AvgIpc) is 3.01. The molecular formula is C19H28ClN5O. The first-order valence-electron chi connectivity index (χ1n) is 8.87. The third-order valence-corrected chi connectivity index (χ3v) is 4.71. The Morgan fingerprint density at radius 3 is 2.85 bits per heavy atom. The van der Waals surface area contributed by atoms with Gasteiger partial charge < -0.3 is 15.2 Å². The summed E-state index contributed by atoms with van der Waals surface area (Å²) < 4.78 is 2.02. The second kappa shape index (κ2) is 9.16. The number of nitrogens with one attached hydrogen (secondary N) is 2. The van der Waals surface area contributed by atoms with Gasteiger partial charge in [0.25, 0.3) is 0 Å².